The smallest absolute Gasteiger partial charge is 0.255 e. The van der Waals surface area contributed by atoms with Crippen LogP contribution in [0.5, 0.6) is 0 Å². The Kier molecular flexibility index (Phi) is 8.81. The standard InChI is InChI=1S/C19H16ClN3OS.C2H5NOS.C2H6/c20-15-8-9-17(14-2-1-3-16(21)18(14)15)22-19(24)12-4-6-13(7-5-12)23-10-11-25-23;4-5-2-1-3-5;1-2/h1-9H,10-11,21H2,(H,22,24);3H,1-2H2;1-2H3. The second-order valence-electron chi connectivity index (χ2n) is 6.75. The van der Waals surface area contributed by atoms with Gasteiger partial charge >= 0.3 is 0 Å². The topological polar surface area (TPSA) is 87.5 Å². The number of amides is 1. The largest absolute Gasteiger partial charge is 0.398 e. The molecular formula is C23H27ClN4O2S2. The number of nitrogen functional groups attached to an aromatic ring is 1. The van der Waals surface area contributed by atoms with Gasteiger partial charge < -0.3 is 15.4 Å². The maximum atomic E-state index is 12.6. The Bertz CT molecular complexity index is 1090. The Hall–Kier alpha value is -2.26. The molecule has 2 saturated heterocycles. The maximum Gasteiger partial charge on any atom is 0.255 e. The minimum absolute atomic E-state index is 0.158. The van der Waals surface area contributed by atoms with Crippen molar-refractivity contribution in [1.29, 1.82) is 0 Å². The molecule has 0 bridgehead atoms. The van der Waals surface area contributed by atoms with E-state index >= 15 is 0 Å². The molecule has 3 aromatic carbocycles. The zero-order valence-electron chi connectivity index (χ0n) is 18.1. The molecule has 0 aromatic heterocycles. The SMILES string of the molecule is CC.Nc1cccc2c(NC(=O)c3ccc(N4CCS4)cc3)ccc(Cl)c12.O=S1CCN1. The molecule has 5 rings (SSSR count). The number of nitrogens with zero attached hydrogens (tertiary/aromatic N) is 1. The van der Waals surface area contributed by atoms with E-state index in [2.05, 4.69) is 14.3 Å². The van der Waals surface area contributed by atoms with E-state index in [4.69, 9.17) is 17.3 Å². The van der Waals surface area contributed by atoms with Gasteiger partial charge in [-0.3, -0.25) is 4.79 Å². The average molecular weight is 491 g/mol. The number of carbonyl (C=O) groups excluding carboxylic acids is 1. The van der Waals surface area contributed by atoms with Crippen LogP contribution in [0.1, 0.15) is 24.2 Å². The highest BCUT2D eigenvalue weighted by molar-refractivity contribution is 8.02. The Morgan fingerprint density at radius 2 is 1.81 bits per heavy atom. The number of fused-ring (bicyclic) bond motifs is 1. The monoisotopic (exact) mass is 490 g/mol. The van der Waals surface area contributed by atoms with E-state index in [1.165, 1.54) is 0 Å². The summed E-state index contributed by atoms with van der Waals surface area (Å²) < 4.78 is 14.8. The van der Waals surface area contributed by atoms with Crippen molar-refractivity contribution < 1.29 is 9.00 Å². The number of nitrogens with two attached hydrogens (primary N) is 1. The number of hydrogen-bond donors (Lipinski definition) is 3. The van der Waals surface area contributed by atoms with E-state index in [-0.39, 0.29) is 5.91 Å². The Balaban J connectivity index is 0.000000359. The zero-order valence-corrected chi connectivity index (χ0v) is 20.4. The van der Waals surface area contributed by atoms with Crippen LogP contribution >= 0.6 is 23.5 Å². The van der Waals surface area contributed by atoms with Gasteiger partial charge in [-0.25, -0.2) is 8.93 Å². The summed E-state index contributed by atoms with van der Waals surface area (Å²) in [5, 5.41) is 5.12. The van der Waals surface area contributed by atoms with Gasteiger partial charge in [-0.05, 0) is 54.4 Å². The minimum Gasteiger partial charge on any atom is -0.398 e. The average Bonchev–Trinajstić information content (AvgIpc) is 2.75. The quantitative estimate of drug-likeness (QED) is 0.352. The van der Waals surface area contributed by atoms with E-state index in [0.29, 0.717) is 22.0 Å². The lowest BCUT2D eigenvalue weighted by molar-refractivity contribution is 0.102. The van der Waals surface area contributed by atoms with E-state index < -0.39 is 11.0 Å². The molecule has 4 N–H and O–H groups in total. The first-order valence-corrected chi connectivity index (χ1v) is 13.1. The summed E-state index contributed by atoms with van der Waals surface area (Å²) in [6, 6.07) is 16.7. The van der Waals surface area contributed by atoms with Crippen molar-refractivity contribution in [1.82, 2.24) is 4.72 Å². The Labute approximate surface area is 200 Å². The van der Waals surface area contributed by atoms with E-state index in [0.717, 1.165) is 41.1 Å². The number of hydrogen-bond acceptors (Lipinski definition) is 5. The van der Waals surface area contributed by atoms with Gasteiger partial charge in [0.2, 0.25) is 0 Å². The molecule has 170 valence electrons. The number of rotatable bonds is 3. The van der Waals surface area contributed by atoms with Gasteiger partial charge in [-0.2, -0.15) is 0 Å². The molecule has 9 heteroatoms. The van der Waals surface area contributed by atoms with Crippen molar-refractivity contribution in [2.75, 3.05) is 40.0 Å². The van der Waals surface area contributed by atoms with Crippen LogP contribution in [0.2, 0.25) is 5.02 Å². The van der Waals surface area contributed by atoms with Crippen LogP contribution < -0.4 is 20.1 Å². The number of nitrogens with one attached hydrogen (secondary N) is 2. The molecule has 0 spiro atoms. The van der Waals surface area contributed by atoms with Gasteiger partial charge in [0.1, 0.15) is 0 Å². The molecule has 1 atom stereocenters. The molecule has 0 aliphatic carbocycles. The fourth-order valence-electron chi connectivity index (χ4n) is 3.04. The van der Waals surface area contributed by atoms with Crippen molar-refractivity contribution in [3.8, 4) is 0 Å². The van der Waals surface area contributed by atoms with Gasteiger partial charge in [0.15, 0.2) is 0 Å². The van der Waals surface area contributed by atoms with Gasteiger partial charge in [0.05, 0.1) is 21.8 Å². The van der Waals surface area contributed by atoms with E-state index in [1.807, 2.05) is 50.2 Å². The number of carbonyl (C=O) groups is 1. The molecule has 3 aromatic rings. The molecule has 2 aliphatic heterocycles. The Morgan fingerprint density at radius 1 is 1.16 bits per heavy atom. The van der Waals surface area contributed by atoms with Gasteiger partial charge in [-0.15, -0.1) is 0 Å². The summed E-state index contributed by atoms with van der Waals surface area (Å²) in [5.41, 5.74) is 9.05. The van der Waals surface area contributed by atoms with Crippen molar-refractivity contribution >= 4 is 68.3 Å². The third-order valence-corrected chi connectivity index (χ3v) is 7.27. The summed E-state index contributed by atoms with van der Waals surface area (Å²) in [6.07, 6.45) is 0. The van der Waals surface area contributed by atoms with Crippen molar-refractivity contribution in [3.05, 3.63) is 65.2 Å². The molecule has 6 nitrogen and oxygen atoms in total. The van der Waals surface area contributed by atoms with Crippen LogP contribution in [-0.2, 0) is 11.0 Å². The molecule has 1 amide bonds. The molecular weight excluding hydrogens is 464 g/mol. The highest BCUT2D eigenvalue weighted by Gasteiger charge is 2.16. The lowest BCUT2D eigenvalue weighted by Crippen LogP contribution is -2.36. The lowest BCUT2D eigenvalue weighted by atomic mass is 10.1. The highest BCUT2D eigenvalue weighted by Crippen LogP contribution is 2.34. The van der Waals surface area contributed by atoms with Crippen LogP contribution in [-0.4, -0.2) is 34.7 Å². The van der Waals surface area contributed by atoms with Crippen LogP contribution in [0, 0.1) is 0 Å². The molecule has 32 heavy (non-hydrogen) atoms. The first-order chi connectivity index (χ1) is 15.5. The molecule has 2 heterocycles. The van der Waals surface area contributed by atoms with Crippen LogP contribution in [0.4, 0.5) is 17.1 Å². The number of halogens is 1. The molecule has 0 saturated carbocycles. The van der Waals surface area contributed by atoms with Gasteiger partial charge in [-0.1, -0.05) is 37.6 Å². The summed E-state index contributed by atoms with van der Waals surface area (Å²) in [7, 11) is -0.642. The fourth-order valence-corrected chi connectivity index (χ4v) is 4.33. The molecule has 1 unspecified atom stereocenters. The van der Waals surface area contributed by atoms with Gasteiger partial charge in [0.25, 0.3) is 5.91 Å². The number of anilines is 3. The van der Waals surface area contributed by atoms with E-state index in [1.54, 1.807) is 30.1 Å². The summed E-state index contributed by atoms with van der Waals surface area (Å²) in [6.45, 7) is 5.99. The summed E-state index contributed by atoms with van der Waals surface area (Å²) in [4.78, 5) is 12.6. The predicted molar refractivity (Wildman–Crippen MR) is 140 cm³/mol. The molecule has 0 radical (unpaired) electrons. The van der Waals surface area contributed by atoms with Crippen LogP contribution in [0.15, 0.2) is 54.6 Å². The van der Waals surface area contributed by atoms with Crippen LogP contribution in [0.25, 0.3) is 10.8 Å². The maximum absolute atomic E-state index is 12.6. The zero-order chi connectivity index (χ0) is 23.1. The second kappa shape index (κ2) is 11.6. The fraction of sp³-hybridized carbons (Fsp3) is 0.261. The van der Waals surface area contributed by atoms with Gasteiger partial charge in [0, 0.05) is 52.2 Å². The Morgan fingerprint density at radius 3 is 2.34 bits per heavy atom. The van der Waals surface area contributed by atoms with Crippen molar-refractivity contribution in [2.45, 2.75) is 13.8 Å². The predicted octanol–water partition coefficient (Wildman–Crippen LogP) is 5.08. The van der Waals surface area contributed by atoms with Crippen LogP contribution in [0.3, 0.4) is 0 Å². The normalized spacial score (nSPS) is 16.5. The third kappa shape index (κ3) is 5.75. The highest BCUT2D eigenvalue weighted by atomic mass is 35.5. The van der Waals surface area contributed by atoms with Crippen molar-refractivity contribution in [2.24, 2.45) is 0 Å². The number of benzene rings is 3. The molecule has 2 aliphatic rings. The molecule has 2 fully saturated rings. The second-order valence-corrected chi connectivity index (χ2v) is 9.65. The van der Waals surface area contributed by atoms with E-state index in [9.17, 15) is 9.00 Å². The summed E-state index contributed by atoms with van der Waals surface area (Å²) in [5.74, 6) is 1.84. The minimum atomic E-state index is -0.642. The first-order valence-electron chi connectivity index (χ1n) is 10.4. The summed E-state index contributed by atoms with van der Waals surface area (Å²) >= 11 is 8.04. The third-order valence-electron chi connectivity index (χ3n) is 4.78. The van der Waals surface area contributed by atoms with Crippen molar-refractivity contribution in [3.63, 3.8) is 0 Å². The first kappa shape index (κ1) is 24.4. The lowest BCUT2D eigenvalue weighted by Gasteiger charge is -2.31.